The zero-order chi connectivity index (χ0) is 15.3. The van der Waals surface area contributed by atoms with Crippen LogP contribution in [0.3, 0.4) is 0 Å². The maximum atomic E-state index is 11.0. The van der Waals surface area contributed by atoms with Gasteiger partial charge < -0.3 is 14.7 Å². The summed E-state index contributed by atoms with van der Waals surface area (Å²) in [5.41, 5.74) is 2.31. The summed E-state index contributed by atoms with van der Waals surface area (Å²) in [5, 5.41) is 9.02. The maximum absolute atomic E-state index is 11.0. The van der Waals surface area contributed by atoms with Crippen LogP contribution in [0.5, 0.6) is 5.75 Å². The Morgan fingerprint density at radius 2 is 2.00 bits per heavy atom. The Morgan fingerprint density at radius 3 is 2.45 bits per heavy atom. The van der Waals surface area contributed by atoms with Crippen LogP contribution in [0, 0.1) is 0 Å². The number of hydrogen-bond donors (Lipinski definition) is 1. The summed E-state index contributed by atoms with van der Waals surface area (Å²) in [6.07, 6.45) is 0.797. The Balaban J connectivity index is 3.02. The zero-order valence-corrected chi connectivity index (χ0v) is 13.0. The van der Waals surface area contributed by atoms with Gasteiger partial charge in [-0.05, 0) is 43.6 Å². The van der Waals surface area contributed by atoms with E-state index in [0.717, 1.165) is 11.3 Å². The highest BCUT2D eigenvalue weighted by atomic mass is 16.5. The quantitative estimate of drug-likeness (QED) is 0.834. The predicted octanol–water partition coefficient (Wildman–Crippen LogP) is 2.77. The highest BCUT2D eigenvalue weighted by molar-refractivity contribution is 5.67. The average Bonchev–Trinajstić information content (AvgIpc) is 2.37. The van der Waals surface area contributed by atoms with Crippen LogP contribution < -0.4 is 4.74 Å². The van der Waals surface area contributed by atoms with E-state index in [1.165, 1.54) is 5.56 Å². The first kappa shape index (κ1) is 16.5. The van der Waals surface area contributed by atoms with Crippen molar-refractivity contribution in [3.8, 4) is 5.75 Å². The predicted molar refractivity (Wildman–Crippen MR) is 80.5 cm³/mol. The summed E-state index contributed by atoms with van der Waals surface area (Å²) in [6, 6.07) is 6.12. The second-order valence-electron chi connectivity index (χ2n) is 5.65. The molecule has 1 rings (SSSR count). The van der Waals surface area contributed by atoms with Crippen LogP contribution in [0.4, 0.5) is 0 Å². The molecule has 0 amide bonds. The van der Waals surface area contributed by atoms with E-state index in [2.05, 4.69) is 26.0 Å². The molecule has 0 fully saturated rings. The van der Waals surface area contributed by atoms with Crippen molar-refractivity contribution in [2.45, 2.75) is 38.6 Å². The van der Waals surface area contributed by atoms with Crippen molar-refractivity contribution in [3.05, 3.63) is 29.3 Å². The number of hydrogen-bond acceptors (Lipinski definition) is 3. The molecule has 0 aliphatic carbocycles. The number of carbonyl (C=O) groups is 1. The third-order valence-corrected chi connectivity index (χ3v) is 3.57. The summed E-state index contributed by atoms with van der Waals surface area (Å²) in [6.45, 7) is 4.29. The number of likely N-dealkylation sites (N-methyl/N-ethyl adjacent to an activating group) is 1. The monoisotopic (exact) mass is 279 g/mol. The van der Waals surface area contributed by atoms with Crippen molar-refractivity contribution in [1.29, 1.82) is 0 Å². The van der Waals surface area contributed by atoms with Crippen molar-refractivity contribution in [1.82, 2.24) is 4.90 Å². The van der Waals surface area contributed by atoms with Gasteiger partial charge in [0.05, 0.1) is 13.5 Å². The summed E-state index contributed by atoms with van der Waals surface area (Å²) >= 11 is 0. The van der Waals surface area contributed by atoms with Crippen LogP contribution in [-0.2, 0) is 11.2 Å². The molecule has 0 aliphatic heterocycles. The molecular formula is C16H25NO3. The largest absolute Gasteiger partial charge is 0.496 e. The standard InChI is InChI=1S/C16H25NO3/c1-11(2)12-6-7-15(20-5)13(8-12)9-14(17(3)4)10-16(18)19/h6-8,11,14H,9-10H2,1-5H3,(H,18,19). The summed E-state index contributed by atoms with van der Waals surface area (Å²) in [7, 11) is 5.47. The minimum absolute atomic E-state index is 0.0381. The molecule has 1 unspecified atom stereocenters. The molecule has 0 radical (unpaired) electrons. The lowest BCUT2D eigenvalue weighted by molar-refractivity contribution is -0.138. The van der Waals surface area contributed by atoms with Gasteiger partial charge in [-0.15, -0.1) is 0 Å². The first-order chi connectivity index (χ1) is 9.35. The van der Waals surface area contributed by atoms with Gasteiger partial charge in [0.25, 0.3) is 0 Å². The summed E-state index contributed by atoms with van der Waals surface area (Å²) in [4.78, 5) is 12.9. The smallest absolute Gasteiger partial charge is 0.304 e. The summed E-state index contributed by atoms with van der Waals surface area (Å²) in [5.74, 6) is 0.492. The van der Waals surface area contributed by atoms with E-state index in [1.54, 1.807) is 7.11 Å². The first-order valence-corrected chi connectivity index (χ1v) is 6.90. The molecule has 1 atom stereocenters. The van der Waals surface area contributed by atoms with Gasteiger partial charge >= 0.3 is 5.97 Å². The van der Waals surface area contributed by atoms with Gasteiger partial charge in [-0.3, -0.25) is 4.79 Å². The Morgan fingerprint density at radius 1 is 1.35 bits per heavy atom. The van der Waals surface area contributed by atoms with E-state index in [1.807, 2.05) is 25.1 Å². The molecule has 1 N–H and O–H groups in total. The number of nitrogens with zero attached hydrogens (tertiary/aromatic N) is 1. The molecule has 4 nitrogen and oxygen atoms in total. The highest BCUT2D eigenvalue weighted by Gasteiger charge is 2.18. The molecule has 1 aromatic carbocycles. The van der Waals surface area contributed by atoms with Gasteiger partial charge in [0.2, 0.25) is 0 Å². The van der Waals surface area contributed by atoms with Crippen LogP contribution in [0.25, 0.3) is 0 Å². The van der Waals surface area contributed by atoms with Crippen molar-refractivity contribution >= 4 is 5.97 Å². The second kappa shape index (κ2) is 7.29. The fraction of sp³-hybridized carbons (Fsp3) is 0.562. The van der Waals surface area contributed by atoms with Crippen LogP contribution in [0.15, 0.2) is 18.2 Å². The molecule has 0 saturated heterocycles. The molecule has 0 heterocycles. The van der Waals surface area contributed by atoms with Crippen LogP contribution >= 0.6 is 0 Å². The molecule has 0 saturated carbocycles. The highest BCUT2D eigenvalue weighted by Crippen LogP contribution is 2.26. The minimum atomic E-state index is -0.775. The van der Waals surface area contributed by atoms with E-state index in [-0.39, 0.29) is 12.5 Å². The molecule has 0 aromatic heterocycles. The molecule has 112 valence electrons. The average molecular weight is 279 g/mol. The Kier molecular flexibility index (Phi) is 6.02. The summed E-state index contributed by atoms with van der Waals surface area (Å²) < 4.78 is 5.40. The maximum Gasteiger partial charge on any atom is 0.304 e. The number of rotatable bonds is 7. The molecular weight excluding hydrogens is 254 g/mol. The van der Waals surface area contributed by atoms with E-state index in [9.17, 15) is 4.79 Å². The van der Waals surface area contributed by atoms with Gasteiger partial charge in [-0.25, -0.2) is 0 Å². The second-order valence-corrected chi connectivity index (χ2v) is 5.65. The number of benzene rings is 1. The van der Waals surface area contributed by atoms with Crippen LogP contribution in [0.2, 0.25) is 0 Å². The van der Waals surface area contributed by atoms with Gasteiger partial charge in [0.15, 0.2) is 0 Å². The molecule has 0 bridgehead atoms. The topological polar surface area (TPSA) is 49.8 Å². The SMILES string of the molecule is COc1ccc(C(C)C)cc1CC(CC(=O)O)N(C)C. The van der Waals surface area contributed by atoms with Crippen molar-refractivity contribution in [3.63, 3.8) is 0 Å². The molecule has 4 heteroatoms. The third kappa shape index (κ3) is 4.53. The van der Waals surface area contributed by atoms with Gasteiger partial charge in [0, 0.05) is 6.04 Å². The van der Waals surface area contributed by atoms with E-state index < -0.39 is 5.97 Å². The van der Waals surface area contributed by atoms with E-state index in [4.69, 9.17) is 9.84 Å². The Labute approximate surface area is 121 Å². The van der Waals surface area contributed by atoms with Crippen molar-refractivity contribution < 1.29 is 14.6 Å². The lowest BCUT2D eigenvalue weighted by Gasteiger charge is -2.24. The lowest BCUT2D eigenvalue weighted by atomic mass is 9.95. The third-order valence-electron chi connectivity index (χ3n) is 3.57. The zero-order valence-electron chi connectivity index (χ0n) is 13.0. The van der Waals surface area contributed by atoms with Gasteiger partial charge in [-0.2, -0.15) is 0 Å². The lowest BCUT2D eigenvalue weighted by Crippen LogP contribution is -2.32. The van der Waals surface area contributed by atoms with Crippen LogP contribution in [-0.4, -0.2) is 43.2 Å². The van der Waals surface area contributed by atoms with E-state index in [0.29, 0.717) is 12.3 Å². The van der Waals surface area contributed by atoms with Gasteiger partial charge in [-0.1, -0.05) is 26.0 Å². The van der Waals surface area contributed by atoms with Crippen molar-refractivity contribution in [2.24, 2.45) is 0 Å². The van der Waals surface area contributed by atoms with Gasteiger partial charge in [0.1, 0.15) is 5.75 Å². The number of carboxylic acid groups (broad SMARTS) is 1. The molecule has 20 heavy (non-hydrogen) atoms. The number of ether oxygens (including phenoxy) is 1. The molecule has 0 spiro atoms. The number of aliphatic carboxylic acids is 1. The normalized spacial score (nSPS) is 12.8. The Bertz CT molecular complexity index is 455. The fourth-order valence-corrected chi connectivity index (χ4v) is 2.21. The minimum Gasteiger partial charge on any atom is -0.496 e. The fourth-order valence-electron chi connectivity index (χ4n) is 2.21. The number of carboxylic acids is 1. The Hall–Kier alpha value is -1.55. The number of methoxy groups -OCH3 is 1. The van der Waals surface area contributed by atoms with Crippen LogP contribution in [0.1, 0.15) is 37.3 Å². The van der Waals surface area contributed by atoms with Crippen molar-refractivity contribution in [2.75, 3.05) is 21.2 Å². The first-order valence-electron chi connectivity index (χ1n) is 6.90. The molecule has 0 aliphatic rings. The molecule has 1 aromatic rings. The van der Waals surface area contributed by atoms with E-state index >= 15 is 0 Å².